The molecule has 0 saturated carbocycles. The summed E-state index contributed by atoms with van der Waals surface area (Å²) in [5, 5.41) is 16.6. The van der Waals surface area contributed by atoms with Crippen LogP contribution in [0, 0.1) is 5.92 Å². The van der Waals surface area contributed by atoms with E-state index in [0.717, 1.165) is 0 Å². The van der Waals surface area contributed by atoms with Crippen LogP contribution in [-0.4, -0.2) is 20.3 Å². The van der Waals surface area contributed by atoms with Gasteiger partial charge in [-0.15, -0.1) is 0 Å². The molecule has 0 heterocycles. The quantitative estimate of drug-likeness (QED) is 0.663. The Kier molecular flexibility index (Phi) is 9.58. The molecule has 11 heavy (non-hydrogen) atoms. The average molecular weight is 194 g/mol. The Morgan fingerprint density at radius 1 is 1.27 bits per heavy atom. The highest BCUT2D eigenvalue weighted by Crippen LogP contribution is 1.90. The molecule has 0 rings (SSSR count). The Morgan fingerprint density at radius 2 is 1.45 bits per heavy atom. The molecule has 0 fully saturated rings. The summed E-state index contributed by atoms with van der Waals surface area (Å²) in [6, 6.07) is 0. The fraction of sp³-hybridized carbons (Fsp3) is 0.714. The van der Waals surface area contributed by atoms with Gasteiger partial charge in [0.25, 0.3) is 0 Å². The first-order valence-electron chi connectivity index (χ1n) is 3.36. The van der Waals surface area contributed by atoms with Gasteiger partial charge in [-0.2, -0.15) is 0 Å². The molecule has 0 atom stereocenters. The third-order valence-electron chi connectivity index (χ3n) is 0.796. The average Bonchev–Trinajstić information content (AvgIpc) is 1.89. The van der Waals surface area contributed by atoms with Gasteiger partial charge in [-0.3, -0.25) is 0 Å². The topological polar surface area (TPSA) is 40.5 Å². The molecule has 0 aromatic heterocycles. The maximum Gasteiger partial charge on any atom is 0.159 e. The van der Waals surface area contributed by atoms with Crippen LogP contribution in [0.4, 0.5) is 0 Å². The first kappa shape index (κ1) is 13.4. The summed E-state index contributed by atoms with van der Waals surface area (Å²) in [5.41, 5.74) is 0. The van der Waals surface area contributed by atoms with Gasteiger partial charge < -0.3 is 10.2 Å². The fourth-order valence-corrected chi connectivity index (χ4v) is 0. The van der Waals surface area contributed by atoms with E-state index in [4.69, 9.17) is 10.2 Å². The van der Waals surface area contributed by atoms with E-state index >= 15 is 0 Å². The van der Waals surface area contributed by atoms with Crippen molar-refractivity contribution in [3.8, 4) is 0 Å². The zero-order valence-corrected chi connectivity index (χ0v) is 8.63. The van der Waals surface area contributed by atoms with E-state index in [2.05, 4.69) is 24.4 Å². The predicted octanol–water partition coefficient (Wildman–Crippen LogP) is 2.81. The van der Waals surface area contributed by atoms with Crippen LogP contribution in [0.25, 0.3) is 0 Å². The molecule has 2 N–H and O–H groups in total. The molecule has 0 unspecified atom stereocenters. The molecule has 0 aromatic rings. The lowest BCUT2D eigenvalue weighted by Gasteiger charge is -1.93. The van der Waals surface area contributed by atoms with Crippen molar-refractivity contribution in [1.29, 1.82) is 0 Å². The zero-order chi connectivity index (χ0) is 9.44. The number of hydrogen-bond donors (Lipinski definition) is 2. The highest BCUT2D eigenvalue weighted by molar-refractivity contribution is 7.80. The molecule has 0 bridgehead atoms. The monoisotopic (exact) mass is 194 g/mol. The molecule has 2 nitrogen and oxygen atoms in total. The van der Waals surface area contributed by atoms with Crippen LogP contribution in [0.1, 0.15) is 27.2 Å². The van der Waals surface area contributed by atoms with Crippen LogP contribution in [0.2, 0.25) is 0 Å². The van der Waals surface area contributed by atoms with Gasteiger partial charge in [0, 0.05) is 12.3 Å². The molecule has 66 valence electrons. The van der Waals surface area contributed by atoms with E-state index in [1.165, 1.54) is 0 Å². The van der Waals surface area contributed by atoms with Crippen molar-refractivity contribution in [2.45, 2.75) is 27.2 Å². The van der Waals surface area contributed by atoms with Crippen molar-refractivity contribution in [1.82, 2.24) is 0 Å². The van der Waals surface area contributed by atoms with Gasteiger partial charge in [0.1, 0.15) is 0 Å². The lowest BCUT2D eigenvalue weighted by Crippen LogP contribution is -1.99. The van der Waals surface area contributed by atoms with Crippen molar-refractivity contribution in [2.75, 3.05) is 0 Å². The van der Waals surface area contributed by atoms with Gasteiger partial charge in [0.05, 0.1) is 0 Å². The maximum atomic E-state index is 8.36. The summed E-state index contributed by atoms with van der Waals surface area (Å²) in [6.07, 6.45) is 0.593. The molecule has 4 heteroatoms. The summed E-state index contributed by atoms with van der Waals surface area (Å²) in [6.45, 7) is 5.51. The second kappa shape index (κ2) is 7.88. The minimum absolute atomic E-state index is 0.0880. The third-order valence-corrected chi connectivity index (χ3v) is 1.56. The Morgan fingerprint density at radius 3 is 1.45 bits per heavy atom. The van der Waals surface area contributed by atoms with E-state index < -0.39 is 0 Å². The maximum absolute atomic E-state index is 8.36. The van der Waals surface area contributed by atoms with E-state index in [-0.39, 0.29) is 16.0 Å². The number of hydrogen-bond acceptors (Lipinski definition) is 2. The second-order valence-electron chi connectivity index (χ2n) is 2.24. The van der Waals surface area contributed by atoms with Crippen LogP contribution in [0.3, 0.4) is 0 Å². The van der Waals surface area contributed by atoms with E-state index in [9.17, 15) is 0 Å². The smallest absolute Gasteiger partial charge is 0.159 e. The minimum atomic E-state index is 0.0880. The van der Waals surface area contributed by atoms with Gasteiger partial charge in [0.2, 0.25) is 0 Å². The molecule has 0 radical (unpaired) electrons. The largest absolute Gasteiger partial charge is 0.502 e. The Labute approximate surface area is 78.2 Å². The lowest BCUT2D eigenvalue weighted by molar-refractivity contribution is 0.522. The normalized spacial score (nSPS) is 8.36. The zero-order valence-electron chi connectivity index (χ0n) is 7.00. The van der Waals surface area contributed by atoms with Crippen LogP contribution in [0.5, 0.6) is 0 Å². The van der Waals surface area contributed by atoms with Crippen molar-refractivity contribution < 1.29 is 10.2 Å². The fourth-order valence-electron chi connectivity index (χ4n) is 0. The third kappa shape index (κ3) is 17.7. The summed E-state index contributed by atoms with van der Waals surface area (Å²) in [5.74, 6) is 0.139. The van der Waals surface area contributed by atoms with Gasteiger partial charge >= 0.3 is 0 Å². The van der Waals surface area contributed by atoms with Crippen LogP contribution < -0.4 is 0 Å². The van der Waals surface area contributed by atoms with E-state index in [0.29, 0.717) is 6.42 Å². The Balaban J connectivity index is 0. The van der Waals surface area contributed by atoms with E-state index in [1.807, 2.05) is 20.8 Å². The minimum Gasteiger partial charge on any atom is -0.502 e. The first-order chi connectivity index (χ1) is 4.91. The van der Waals surface area contributed by atoms with Gasteiger partial charge in [-0.1, -0.05) is 20.8 Å². The molecule has 0 aliphatic heterocycles. The number of rotatable bonds is 2. The lowest BCUT2D eigenvalue weighted by atomic mass is 10.2. The van der Waals surface area contributed by atoms with Crippen molar-refractivity contribution >= 4 is 34.5 Å². The molecule has 0 saturated heterocycles. The molecule has 0 amide bonds. The molecule has 0 aromatic carbocycles. The van der Waals surface area contributed by atoms with Gasteiger partial charge in [-0.05, 0) is 24.4 Å². The van der Waals surface area contributed by atoms with Crippen LogP contribution in [-0.2, 0) is 0 Å². The molecule has 0 aliphatic rings. The van der Waals surface area contributed by atoms with Gasteiger partial charge in [0.15, 0.2) is 10.1 Å². The second-order valence-corrected chi connectivity index (χ2v) is 3.13. The summed E-state index contributed by atoms with van der Waals surface area (Å²) in [7, 11) is 0. The summed E-state index contributed by atoms with van der Waals surface area (Å²) < 4.78 is 0. The highest BCUT2D eigenvalue weighted by atomic mass is 32.1. The molecule has 0 spiro atoms. The van der Waals surface area contributed by atoms with Crippen LogP contribution in [0.15, 0.2) is 0 Å². The molecule has 0 aliphatic carbocycles. The number of thiocarbonyl (C=S) groups is 2. The standard InChI is InChI=1S/C4H8OS.C3H6OS/c1-3(2)4(5)6;1-2-3(4)5/h3H,1-2H3,(H,5,6);2H2,1H3,(H,4,5). The van der Waals surface area contributed by atoms with Crippen molar-refractivity contribution in [2.24, 2.45) is 5.92 Å². The molecular weight excluding hydrogens is 180 g/mol. The first-order valence-corrected chi connectivity index (χ1v) is 4.18. The highest BCUT2D eigenvalue weighted by Gasteiger charge is 1.93. The van der Waals surface area contributed by atoms with Crippen molar-refractivity contribution in [3.05, 3.63) is 0 Å². The number of aliphatic hydroxyl groups excluding tert-OH is 2. The Hall–Kier alpha value is -0.220. The van der Waals surface area contributed by atoms with Crippen molar-refractivity contribution in [3.63, 3.8) is 0 Å². The van der Waals surface area contributed by atoms with Gasteiger partial charge in [-0.25, -0.2) is 0 Å². The summed E-state index contributed by atoms with van der Waals surface area (Å²) >= 11 is 8.63. The predicted molar refractivity (Wildman–Crippen MR) is 55.6 cm³/mol. The van der Waals surface area contributed by atoms with E-state index in [1.54, 1.807) is 0 Å². The molecular formula is C7H14O2S2. The SMILES string of the molecule is CC(C)C(O)=S.CCC(O)=S. The van der Waals surface area contributed by atoms with Crippen LogP contribution >= 0.6 is 24.4 Å². The summed E-state index contributed by atoms with van der Waals surface area (Å²) in [4.78, 5) is 0. The Bertz CT molecular complexity index is 132. The number of aliphatic hydroxyl groups is 2.